The molecule has 92 valence electrons. The van der Waals surface area contributed by atoms with E-state index < -0.39 is 10.0 Å². The Hall–Kier alpha value is -1.47. The largest absolute Gasteiger partial charge is 0.303 e. The van der Waals surface area contributed by atoms with Crippen LogP contribution < -0.4 is 4.72 Å². The van der Waals surface area contributed by atoms with Crippen molar-refractivity contribution in [2.45, 2.75) is 20.4 Å². The summed E-state index contributed by atoms with van der Waals surface area (Å²) in [7, 11) is -3.20. The van der Waals surface area contributed by atoms with Gasteiger partial charge in [0.05, 0.1) is 29.9 Å². The molecule has 7 heteroatoms. The second-order valence-electron chi connectivity index (χ2n) is 4.02. The van der Waals surface area contributed by atoms with Crippen molar-refractivity contribution in [3.8, 4) is 0 Å². The lowest BCUT2D eigenvalue weighted by Crippen LogP contribution is -2.22. The normalized spacial score (nSPS) is 12.2. The molecule has 0 aliphatic carbocycles. The molecule has 2 rings (SSSR count). The number of fused-ring (bicyclic) bond motifs is 1. The SMILES string of the molecule is Cc1cn2cc(CNS(C)(=O)=O)nc(C)c2n1. The Morgan fingerprint density at radius 3 is 2.65 bits per heavy atom. The fourth-order valence-corrected chi connectivity index (χ4v) is 2.04. The van der Waals surface area contributed by atoms with Crippen LogP contribution in [0.2, 0.25) is 0 Å². The summed E-state index contributed by atoms with van der Waals surface area (Å²) in [5.41, 5.74) is 3.15. The molecule has 0 aromatic carbocycles. The molecule has 2 aromatic heterocycles. The standard InChI is InChI=1S/C10H14N4O2S/c1-7-5-14-6-9(4-11-17(3,15)16)13-8(2)10(14)12-7/h5-6,11H,4H2,1-3H3. The van der Waals surface area contributed by atoms with Gasteiger partial charge < -0.3 is 4.40 Å². The Bertz CT molecular complexity index is 660. The van der Waals surface area contributed by atoms with Crippen LogP contribution in [0.4, 0.5) is 0 Å². The first kappa shape index (κ1) is 12.0. The van der Waals surface area contributed by atoms with E-state index >= 15 is 0 Å². The number of aryl methyl sites for hydroxylation is 2. The van der Waals surface area contributed by atoms with E-state index in [4.69, 9.17) is 0 Å². The van der Waals surface area contributed by atoms with Gasteiger partial charge in [0.25, 0.3) is 0 Å². The van der Waals surface area contributed by atoms with Gasteiger partial charge in [0.15, 0.2) is 5.65 Å². The second kappa shape index (κ2) is 4.08. The topological polar surface area (TPSA) is 76.4 Å². The zero-order valence-electron chi connectivity index (χ0n) is 9.93. The van der Waals surface area contributed by atoms with E-state index in [1.165, 1.54) is 0 Å². The first-order valence-corrected chi connectivity index (χ1v) is 7.01. The Morgan fingerprint density at radius 2 is 2.00 bits per heavy atom. The highest BCUT2D eigenvalue weighted by molar-refractivity contribution is 7.88. The number of sulfonamides is 1. The van der Waals surface area contributed by atoms with Gasteiger partial charge in [-0.05, 0) is 13.8 Å². The highest BCUT2D eigenvalue weighted by Gasteiger charge is 2.07. The van der Waals surface area contributed by atoms with Crippen molar-refractivity contribution < 1.29 is 8.42 Å². The van der Waals surface area contributed by atoms with E-state index in [1.54, 1.807) is 6.20 Å². The van der Waals surface area contributed by atoms with Gasteiger partial charge in [-0.2, -0.15) is 0 Å². The number of imidazole rings is 1. The van der Waals surface area contributed by atoms with Crippen LogP contribution in [-0.2, 0) is 16.6 Å². The molecule has 0 atom stereocenters. The molecule has 6 nitrogen and oxygen atoms in total. The molecule has 2 aromatic rings. The minimum absolute atomic E-state index is 0.187. The number of rotatable bonds is 3. The van der Waals surface area contributed by atoms with Crippen LogP contribution in [-0.4, -0.2) is 29.0 Å². The van der Waals surface area contributed by atoms with E-state index in [-0.39, 0.29) is 6.54 Å². The van der Waals surface area contributed by atoms with Crippen LogP contribution in [0, 0.1) is 13.8 Å². The summed E-state index contributed by atoms with van der Waals surface area (Å²) in [6.45, 7) is 3.94. The minimum Gasteiger partial charge on any atom is -0.303 e. The highest BCUT2D eigenvalue weighted by atomic mass is 32.2. The third kappa shape index (κ3) is 2.80. The van der Waals surface area contributed by atoms with Crippen LogP contribution >= 0.6 is 0 Å². The van der Waals surface area contributed by atoms with Gasteiger partial charge in [-0.15, -0.1) is 0 Å². The lowest BCUT2D eigenvalue weighted by atomic mass is 10.4. The summed E-state index contributed by atoms with van der Waals surface area (Å²) in [6, 6.07) is 0. The predicted molar refractivity (Wildman–Crippen MR) is 64.1 cm³/mol. The van der Waals surface area contributed by atoms with Gasteiger partial charge in [-0.1, -0.05) is 0 Å². The van der Waals surface area contributed by atoms with Crippen molar-refractivity contribution >= 4 is 15.7 Å². The molecule has 0 unspecified atom stereocenters. The van der Waals surface area contributed by atoms with Gasteiger partial charge in [-0.25, -0.2) is 18.1 Å². The first-order valence-electron chi connectivity index (χ1n) is 5.11. The lowest BCUT2D eigenvalue weighted by Gasteiger charge is -2.04. The van der Waals surface area contributed by atoms with E-state index in [0.29, 0.717) is 5.69 Å². The fraction of sp³-hybridized carbons (Fsp3) is 0.400. The average Bonchev–Trinajstić information content (AvgIpc) is 2.55. The van der Waals surface area contributed by atoms with Crippen LogP contribution in [0.1, 0.15) is 17.1 Å². The zero-order chi connectivity index (χ0) is 12.6. The quantitative estimate of drug-likeness (QED) is 0.860. The second-order valence-corrected chi connectivity index (χ2v) is 5.86. The van der Waals surface area contributed by atoms with E-state index in [9.17, 15) is 8.42 Å². The molecule has 0 spiro atoms. The number of nitrogens with one attached hydrogen (secondary N) is 1. The highest BCUT2D eigenvalue weighted by Crippen LogP contribution is 2.09. The van der Waals surface area contributed by atoms with Crippen LogP contribution in [0.15, 0.2) is 12.4 Å². The zero-order valence-corrected chi connectivity index (χ0v) is 10.7. The molecule has 0 radical (unpaired) electrons. The molecule has 0 aliphatic rings. The number of nitrogens with zero attached hydrogens (tertiary/aromatic N) is 3. The van der Waals surface area contributed by atoms with Crippen molar-refractivity contribution in [3.63, 3.8) is 0 Å². The molecule has 0 aliphatic heterocycles. The molecular weight excluding hydrogens is 240 g/mol. The number of aromatic nitrogens is 3. The van der Waals surface area contributed by atoms with E-state index in [2.05, 4.69) is 14.7 Å². The van der Waals surface area contributed by atoms with Crippen LogP contribution in [0.3, 0.4) is 0 Å². The van der Waals surface area contributed by atoms with Crippen LogP contribution in [0.5, 0.6) is 0 Å². The summed E-state index contributed by atoms with van der Waals surface area (Å²) in [6.07, 6.45) is 4.79. The van der Waals surface area contributed by atoms with Gasteiger partial charge in [-0.3, -0.25) is 4.98 Å². The fourth-order valence-electron chi connectivity index (χ4n) is 1.63. The molecule has 0 bridgehead atoms. The minimum atomic E-state index is -3.20. The maximum Gasteiger partial charge on any atom is 0.209 e. The smallest absolute Gasteiger partial charge is 0.209 e. The van der Waals surface area contributed by atoms with Gasteiger partial charge in [0, 0.05) is 12.4 Å². The molecular formula is C10H14N4O2S. The average molecular weight is 254 g/mol. The third-order valence-electron chi connectivity index (χ3n) is 2.29. The summed E-state index contributed by atoms with van der Waals surface area (Å²) in [5, 5.41) is 0. The summed E-state index contributed by atoms with van der Waals surface area (Å²) >= 11 is 0. The van der Waals surface area contributed by atoms with Crippen molar-refractivity contribution in [2.24, 2.45) is 0 Å². The molecule has 0 fully saturated rings. The summed E-state index contributed by atoms with van der Waals surface area (Å²) in [4.78, 5) is 8.63. The van der Waals surface area contributed by atoms with Gasteiger partial charge in [0.1, 0.15) is 0 Å². The van der Waals surface area contributed by atoms with Gasteiger partial charge >= 0.3 is 0 Å². The first-order chi connectivity index (χ1) is 7.85. The number of hydrogen-bond donors (Lipinski definition) is 1. The number of hydrogen-bond acceptors (Lipinski definition) is 4. The monoisotopic (exact) mass is 254 g/mol. The molecule has 2 heterocycles. The van der Waals surface area contributed by atoms with E-state index in [0.717, 1.165) is 23.3 Å². The summed E-state index contributed by atoms with van der Waals surface area (Å²) in [5.74, 6) is 0. The predicted octanol–water partition coefficient (Wildman–Crippen LogP) is 0.395. The van der Waals surface area contributed by atoms with Crippen molar-refractivity contribution in [1.82, 2.24) is 19.1 Å². The van der Waals surface area contributed by atoms with E-state index in [1.807, 2.05) is 24.4 Å². The Kier molecular flexibility index (Phi) is 2.88. The molecule has 0 amide bonds. The maximum atomic E-state index is 11.0. The molecule has 17 heavy (non-hydrogen) atoms. The Balaban J connectivity index is 2.36. The maximum absolute atomic E-state index is 11.0. The third-order valence-corrected chi connectivity index (χ3v) is 2.96. The van der Waals surface area contributed by atoms with Crippen molar-refractivity contribution in [3.05, 3.63) is 29.5 Å². The Morgan fingerprint density at radius 1 is 1.29 bits per heavy atom. The van der Waals surface area contributed by atoms with Crippen molar-refractivity contribution in [1.29, 1.82) is 0 Å². The van der Waals surface area contributed by atoms with Crippen molar-refractivity contribution in [2.75, 3.05) is 6.26 Å². The van der Waals surface area contributed by atoms with Crippen LogP contribution in [0.25, 0.3) is 5.65 Å². The van der Waals surface area contributed by atoms with Gasteiger partial charge in [0.2, 0.25) is 10.0 Å². The molecule has 0 saturated carbocycles. The summed E-state index contributed by atoms with van der Waals surface area (Å²) < 4.78 is 26.3. The molecule has 1 N–H and O–H groups in total. The Labute approximate surface area is 99.8 Å². The lowest BCUT2D eigenvalue weighted by molar-refractivity contribution is 0.586. The molecule has 0 saturated heterocycles.